The van der Waals surface area contributed by atoms with Crippen molar-refractivity contribution in [1.82, 2.24) is 19.4 Å². The lowest BCUT2D eigenvalue weighted by atomic mass is 10.3. The van der Waals surface area contributed by atoms with Crippen LogP contribution in [0.5, 0.6) is 0 Å². The molecule has 0 bridgehead atoms. The van der Waals surface area contributed by atoms with Crippen molar-refractivity contribution in [3.05, 3.63) is 40.0 Å². The van der Waals surface area contributed by atoms with E-state index in [1.165, 1.54) is 22.5 Å². The standard InChI is InChI=1S/C15H18Cl2N4O3S/c1-11-18-19-15(24-11)4-5-20-6-8-21(9-7-20)25(22,23)12-2-3-13(16)14(17)10-12/h2-3,10H,4-9H2,1H3. The fourth-order valence-electron chi connectivity index (χ4n) is 2.67. The van der Waals surface area contributed by atoms with E-state index in [9.17, 15) is 8.42 Å². The minimum atomic E-state index is -3.57. The van der Waals surface area contributed by atoms with Gasteiger partial charge in [-0.1, -0.05) is 23.2 Å². The Balaban J connectivity index is 1.58. The Labute approximate surface area is 156 Å². The fraction of sp³-hybridized carbons (Fsp3) is 0.467. The minimum absolute atomic E-state index is 0.164. The molecule has 0 spiro atoms. The molecule has 3 rings (SSSR count). The largest absolute Gasteiger partial charge is 0.426 e. The van der Waals surface area contributed by atoms with Gasteiger partial charge >= 0.3 is 0 Å². The van der Waals surface area contributed by atoms with Crippen molar-refractivity contribution >= 4 is 33.2 Å². The first-order chi connectivity index (χ1) is 11.9. The van der Waals surface area contributed by atoms with E-state index in [0.717, 1.165) is 6.54 Å². The highest BCUT2D eigenvalue weighted by atomic mass is 35.5. The molecule has 1 aliphatic heterocycles. The summed E-state index contributed by atoms with van der Waals surface area (Å²) in [4.78, 5) is 2.34. The van der Waals surface area contributed by atoms with Gasteiger partial charge in [0.15, 0.2) is 0 Å². The maximum atomic E-state index is 12.7. The maximum Gasteiger partial charge on any atom is 0.243 e. The Morgan fingerprint density at radius 2 is 1.84 bits per heavy atom. The van der Waals surface area contributed by atoms with Gasteiger partial charge in [-0.3, -0.25) is 0 Å². The van der Waals surface area contributed by atoms with Gasteiger partial charge in [-0.15, -0.1) is 10.2 Å². The molecule has 1 aromatic carbocycles. The van der Waals surface area contributed by atoms with Crippen molar-refractivity contribution in [2.24, 2.45) is 0 Å². The van der Waals surface area contributed by atoms with E-state index in [0.29, 0.717) is 49.4 Å². The lowest BCUT2D eigenvalue weighted by Crippen LogP contribution is -2.49. The predicted molar refractivity (Wildman–Crippen MR) is 94.4 cm³/mol. The summed E-state index contributed by atoms with van der Waals surface area (Å²) in [5.74, 6) is 1.15. The van der Waals surface area contributed by atoms with E-state index in [4.69, 9.17) is 27.6 Å². The smallest absolute Gasteiger partial charge is 0.243 e. The van der Waals surface area contributed by atoms with Gasteiger partial charge in [-0.2, -0.15) is 4.31 Å². The molecule has 136 valence electrons. The Morgan fingerprint density at radius 1 is 1.12 bits per heavy atom. The van der Waals surface area contributed by atoms with Crippen LogP contribution in [-0.2, 0) is 16.4 Å². The summed E-state index contributed by atoms with van der Waals surface area (Å²) in [5.41, 5.74) is 0. The van der Waals surface area contributed by atoms with Crippen LogP contribution in [0, 0.1) is 6.92 Å². The topological polar surface area (TPSA) is 79.5 Å². The Kier molecular flexibility index (Phi) is 5.65. The molecule has 2 aromatic rings. The molecule has 25 heavy (non-hydrogen) atoms. The Bertz CT molecular complexity index is 848. The minimum Gasteiger partial charge on any atom is -0.426 e. The zero-order valence-corrected chi connectivity index (χ0v) is 16.0. The molecule has 0 atom stereocenters. The first-order valence-corrected chi connectivity index (χ1v) is 10.0. The number of hydrogen-bond acceptors (Lipinski definition) is 6. The number of piperazine rings is 1. The monoisotopic (exact) mass is 404 g/mol. The third-order valence-electron chi connectivity index (χ3n) is 4.07. The summed E-state index contributed by atoms with van der Waals surface area (Å²) in [6.07, 6.45) is 0.653. The number of aryl methyl sites for hydroxylation is 1. The van der Waals surface area contributed by atoms with Crippen molar-refractivity contribution in [1.29, 1.82) is 0 Å². The molecule has 1 fully saturated rings. The predicted octanol–water partition coefficient (Wildman–Crippen LogP) is 2.23. The summed E-state index contributed by atoms with van der Waals surface area (Å²) < 4.78 is 32.2. The van der Waals surface area contributed by atoms with E-state index in [1.54, 1.807) is 6.92 Å². The Hall–Kier alpha value is -1.19. The fourth-order valence-corrected chi connectivity index (χ4v) is 4.48. The second-order valence-electron chi connectivity index (χ2n) is 5.79. The van der Waals surface area contributed by atoms with Crippen LogP contribution < -0.4 is 0 Å². The average molecular weight is 405 g/mol. The first kappa shape index (κ1) is 18.6. The normalized spacial score (nSPS) is 17.1. The first-order valence-electron chi connectivity index (χ1n) is 7.83. The quantitative estimate of drug-likeness (QED) is 0.759. The van der Waals surface area contributed by atoms with Crippen LogP contribution >= 0.6 is 23.2 Å². The van der Waals surface area contributed by atoms with Crippen molar-refractivity contribution in [3.63, 3.8) is 0 Å². The van der Waals surface area contributed by atoms with E-state index < -0.39 is 10.0 Å². The highest BCUT2D eigenvalue weighted by molar-refractivity contribution is 7.89. The van der Waals surface area contributed by atoms with Gasteiger partial charge in [0.2, 0.25) is 21.8 Å². The van der Waals surface area contributed by atoms with Gasteiger partial charge in [0, 0.05) is 46.1 Å². The van der Waals surface area contributed by atoms with Gasteiger partial charge in [0.1, 0.15) is 0 Å². The summed E-state index contributed by atoms with van der Waals surface area (Å²) in [6.45, 7) is 4.64. The van der Waals surface area contributed by atoms with Crippen molar-refractivity contribution < 1.29 is 12.8 Å². The molecular weight excluding hydrogens is 387 g/mol. The molecule has 0 N–H and O–H groups in total. The molecule has 1 aromatic heterocycles. The number of aromatic nitrogens is 2. The van der Waals surface area contributed by atoms with Crippen LogP contribution in [0.1, 0.15) is 11.8 Å². The number of nitrogens with zero attached hydrogens (tertiary/aromatic N) is 4. The molecule has 7 nitrogen and oxygen atoms in total. The third-order valence-corrected chi connectivity index (χ3v) is 6.70. The zero-order chi connectivity index (χ0) is 18.0. The van der Waals surface area contributed by atoms with Gasteiger partial charge in [0.25, 0.3) is 0 Å². The molecule has 0 unspecified atom stereocenters. The van der Waals surface area contributed by atoms with Crippen molar-refractivity contribution in [2.45, 2.75) is 18.2 Å². The SMILES string of the molecule is Cc1nnc(CCN2CCN(S(=O)(=O)c3ccc(Cl)c(Cl)c3)CC2)o1. The molecular formula is C15H18Cl2N4O3S. The lowest BCUT2D eigenvalue weighted by molar-refractivity contribution is 0.186. The lowest BCUT2D eigenvalue weighted by Gasteiger charge is -2.33. The molecule has 0 radical (unpaired) electrons. The maximum absolute atomic E-state index is 12.7. The van der Waals surface area contributed by atoms with Gasteiger partial charge < -0.3 is 9.32 Å². The molecule has 1 aliphatic rings. The molecule has 0 aliphatic carbocycles. The summed E-state index contributed by atoms with van der Waals surface area (Å²) in [6, 6.07) is 4.37. The summed E-state index contributed by atoms with van der Waals surface area (Å²) in [7, 11) is -3.57. The van der Waals surface area contributed by atoms with Crippen LogP contribution in [0.25, 0.3) is 0 Å². The highest BCUT2D eigenvalue weighted by Gasteiger charge is 2.28. The number of rotatable bonds is 5. The van der Waals surface area contributed by atoms with E-state index in [2.05, 4.69) is 15.1 Å². The molecule has 10 heteroatoms. The van der Waals surface area contributed by atoms with Gasteiger partial charge in [-0.25, -0.2) is 8.42 Å². The van der Waals surface area contributed by atoms with Crippen molar-refractivity contribution in [2.75, 3.05) is 32.7 Å². The molecule has 0 amide bonds. The molecule has 1 saturated heterocycles. The third kappa shape index (κ3) is 4.32. The van der Waals surface area contributed by atoms with Crippen LogP contribution in [0.4, 0.5) is 0 Å². The van der Waals surface area contributed by atoms with E-state index in [1.807, 2.05) is 0 Å². The number of benzene rings is 1. The zero-order valence-electron chi connectivity index (χ0n) is 13.7. The highest BCUT2D eigenvalue weighted by Crippen LogP contribution is 2.27. The number of halogens is 2. The molecule has 0 saturated carbocycles. The van der Waals surface area contributed by atoms with E-state index >= 15 is 0 Å². The number of hydrogen-bond donors (Lipinski definition) is 0. The van der Waals surface area contributed by atoms with E-state index in [-0.39, 0.29) is 9.92 Å². The van der Waals surface area contributed by atoms with Crippen molar-refractivity contribution in [3.8, 4) is 0 Å². The van der Waals surface area contributed by atoms with Crippen LogP contribution in [0.3, 0.4) is 0 Å². The number of sulfonamides is 1. The molecule has 2 heterocycles. The summed E-state index contributed by atoms with van der Waals surface area (Å²) in [5, 5.41) is 8.33. The second kappa shape index (κ2) is 7.59. The van der Waals surface area contributed by atoms with Crippen LogP contribution in [-0.4, -0.2) is 60.5 Å². The van der Waals surface area contributed by atoms with Crippen LogP contribution in [0.2, 0.25) is 10.0 Å². The summed E-state index contributed by atoms with van der Waals surface area (Å²) >= 11 is 11.8. The van der Waals surface area contributed by atoms with Gasteiger partial charge in [-0.05, 0) is 18.2 Å². The van der Waals surface area contributed by atoms with Gasteiger partial charge in [0.05, 0.1) is 14.9 Å². The Morgan fingerprint density at radius 3 is 2.44 bits per heavy atom. The average Bonchev–Trinajstić information content (AvgIpc) is 3.01. The van der Waals surface area contributed by atoms with Crippen LogP contribution in [0.15, 0.2) is 27.5 Å². The second-order valence-corrected chi connectivity index (χ2v) is 8.54.